The maximum Gasteiger partial charge on any atom is 0.174 e. The van der Waals surface area contributed by atoms with E-state index in [2.05, 4.69) is 5.16 Å². The van der Waals surface area contributed by atoms with Crippen molar-refractivity contribution >= 4 is 17.6 Å². The molecule has 0 heterocycles. The summed E-state index contributed by atoms with van der Waals surface area (Å²) in [5.74, 6) is -0.674. The minimum atomic E-state index is -0.476. The summed E-state index contributed by atoms with van der Waals surface area (Å²) in [5.41, 5.74) is 5.58. The van der Waals surface area contributed by atoms with Crippen LogP contribution in [-0.4, -0.2) is 16.3 Å². The summed E-state index contributed by atoms with van der Waals surface area (Å²) < 4.78 is 13.5. The van der Waals surface area contributed by atoms with E-state index in [1.54, 1.807) is 12.1 Å². The van der Waals surface area contributed by atoms with Gasteiger partial charge in [-0.3, -0.25) is 0 Å². The van der Waals surface area contributed by atoms with Gasteiger partial charge in [0.1, 0.15) is 5.82 Å². The minimum Gasteiger partial charge on any atom is -0.409 e. The molecule has 5 heteroatoms. The first-order valence-corrected chi connectivity index (χ1v) is 5.37. The van der Waals surface area contributed by atoms with Gasteiger partial charge < -0.3 is 10.9 Å². The lowest BCUT2D eigenvalue weighted by Crippen LogP contribution is -2.16. The Morgan fingerprint density at radius 3 is 2.73 bits per heavy atom. The fourth-order valence-electron chi connectivity index (χ4n) is 1.16. The molecule has 1 rings (SSSR count). The Morgan fingerprint density at radius 1 is 1.53 bits per heavy atom. The number of nitrogens with two attached hydrogens (primary N) is 1. The molecule has 0 saturated heterocycles. The number of halogens is 1. The molecular weight excluding hydrogens is 215 g/mol. The lowest BCUT2D eigenvalue weighted by molar-refractivity contribution is 0.318. The average Bonchev–Trinajstić information content (AvgIpc) is 2.16. The SMILES string of the molecule is CC(C)Sc1cccc(F)c1C(N)=NO. The van der Waals surface area contributed by atoms with E-state index < -0.39 is 5.82 Å². The van der Waals surface area contributed by atoms with Crippen molar-refractivity contribution in [3.63, 3.8) is 0 Å². The van der Waals surface area contributed by atoms with E-state index in [4.69, 9.17) is 10.9 Å². The second-order valence-electron chi connectivity index (χ2n) is 3.26. The molecule has 0 radical (unpaired) electrons. The highest BCUT2D eigenvalue weighted by molar-refractivity contribution is 8.00. The van der Waals surface area contributed by atoms with Crippen LogP contribution in [0.4, 0.5) is 4.39 Å². The molecule has 0 aliphatic heterocycles. The van der Waals surface area contributed by atoms with Crippen LogP contribution < -0.4 is 5.73 Å². The molecule has 0 spiro atoms. The number of benzene rings is 1. The molecule has 0 fully saturated rings. The molecule has 1 aromatic carbocycles. The monoisotopic (exact) mass is 228 g/mol. The van der Waals surface area contributed by atoms with Crippen LogP contribution in [0.2, 0.25) is 0 Å². The third-order valence-corrected chi connectivity index (χ3v) is 2.77. The molecule has 0 bridgehead atoms. The summed E-state index contributed by atoms with van der Waals surface area (Å²) in [6, 6.07) is 4.65. The van der Waals surface area contributed by atoms with Gasteiger partial charge in [0.25, 0.3) is 0 Å². The fourth-order valence-corrected chi connectivity index (χ4v) is 2.14. The van der Waals surface area contributed by atoms with Gasteiger partial charge in [-0.1, -0.05) is 25.1 Å². The number of rotatable bonds is 3. The zero-order chi connectivity index (χ0) is 11.4. The highest BCUT2D eigenvalue weighted by Crippen LogP contribution is 2.28. The van der Waals surface area contributed by atoms with E-state index in [0.29, 0.717) is 10.1 Å². The lowest BCUT2D eigenvalue weighted by atomic mass is 10.2. The van der Waals surface area contributed by atoms with Gasteiger partial charge in [-0.15, -0.1) is 11.8 Å². The number of nitrogens with zero attached hydrogens (tertiary/aromatic N) is 1. The summed E-state index contributed by atoms with van der Waals surface area (Å²) in [6.07, 6.45) is 0. The summed E-state index contributed by atoms with van der Waals surface area (Å²) in [5, 5.41) is 11.7. The van der Waals surface area contributed by atoms with Crippen LogP contribution in [0.3, 0.4) is 0 Å². The molecule has 0 saturated carbocycles. The summed E-state index contributed by atoms with van der Waals surface area (Å²) >= 11 is 1.47. The summed E-state index contributed by atoms with van der Waals surface area (Å²) in [4.78, 5) is 0.681. The second-order valence-corrected chi connectivity index (χ2v) is 4.88. The van der Waals surface area contributed by atoms with Crippen LogP contribution in [-0.2, 0) is 0 Å². The minimum absolute atomic E-state index is 0.165. The Bertz CT molecular complexity index is 380. The van der Waals surface area contributed by atoms with E-state index in [0.717, 1.165) is 0 Å². The standard InChI is InChI=1S/C10H13FN2OS/c1-6(2)15-8-5-3-4-7(11)9(8)10(12)13-14/h3-6,14H,1-2H3,(H2,12,13). The Labute approximate surface area is 92.2 Å². The Kier molecular flexibility index (Phi) is 3.96. The topological polar surface area (TPSA) is 58.6 Å². The molecular formula is C10H13FN2OS. The number of hydrogen-bond donors (Lipinski definition) is 2. The fraction of sp³-hybridized carbons (Fsp3) is 0.300. The maximum absolute atomic E-state index is 13.5. The molecule has 0 aliphatic carbocycles. The predicted octanol–water partition coefficient (Wildman–Crippen LogP) is 2.42. The van der Waals surface area contributed by atoms with Crippen LogP contribution in [0.5, 0.6) is 0 Å². The molecule has 0 atom stereocenters. The summed E-state index contributed by atoms with van der Waals surface area (Å²) in [6.45, 7) is 3.98. The molecule has 82 valence electrons. The van der Waals surface area contributed by atoms with Crippen LogP contribution in [0.15, 0.2) is 28.3 Å². The van der Waals surface area contributed by atoms with Gasteiger partial charge in [0.15, 0.2) is 5.84 Å². The van der Waals surface area contributed by atoms with Crippen molar-refractivity contribution < 1.29 is 9.60 Å². The first kappa shape index (κ1) is 11.8. The van der Waals surface area contributed by atoms with Gasteiger partial charge in [-0.2, -0.15) is 0 Å². The highest BCUT2D eigenvalue weighted by atomic mass is 32.2. The molecule has 15 heavy (non-hydrogen) atoms. The molecule has 0 aliphatic rings. The Balaban J connectivity index is 3.20. The molecule has 0 aromatic heterocycles. The maximum atomic E-state index is 13.5. The van der Waals surface area contributed by atoms with E-state index in [-0.39, 0.29) is 11.4 Å². The van der Waals surface area contributed by atoms with Crippen molar-refractivity contribution in [3.05, 3.63) is 29.6 Å². The number of thioether (sulfide) groups is 1. The van der Waals surface area contributed by atoms with Crippen molar-refractivity contribution in [2.75, 3.05) is 0 Å². The second kappa shape index (κ2) is 5.02. The molecule has 1 aromatic rings. The molecule has 3 nitrogen and oxygen atoms in total. The zero-order valence-corrected chi connectivity index (χ0v) is 9.38. The molecule has 0 unspecified atom stereocenters. The van der Waals surface area contributed by atoms with Gasteiger partial charge in [0.05, 0.1) is 5.56 Å². The van der Waals surface area contributed by atoms with Gasteiger partial charge in [-0.25, -0.2) is 4.39 Å². The quantitative estimate of drug-likeness (QED) is 0.274. The average molecular weight is 228 g/mol. The van der Waals surface area contributed by atoms with Crippen LogP contribution in [0.25, 0.3) is 0 Å². The van der Waals surface area contributed by atoms with Gasteiger partial charge >= 0.3 is 0 Å². The third kappa shape index (κ3) is 2.86. The van der Waals surface area contributed by atoms with Crippen LogP contribution in [0, 0.1) is 5.82 Å². The lowest BCUT2D eigenvalue weighted by Gasteiger charge is -2.10. The number of amidine groups is 1. The van der Waals surface area contributed by atoms with Crippen molar-refractivity contribution in [1.82, 2.24) is 0 Å². The van der Waals surface area contributed by atoms with Gasteiger partial charge in [0, 0.05) is 10.1 Å². The van der Waals surface area contributed by atoms with Gasteiger partial charge in [-0.05, 0) is 12.1 Å². The number of oxime groups is 1. The van der Waals surface area contributed by atoms with E-state index in [9.17, 15) is 4.39 Å². The Morgan fingerprint density at radius 2 is 2.20 bits per heavy atom. The third-order valence-electron chi connectivity index (χ3n) is 1.70. The van der Waals surface area contributed by atoms with E-state index in [1.807, 2.05) is 13.8 Å². The normalized spacial score (nSPS) is 12.1. The van der Waals surface area contributed by atoms with Crippen LogP contribution >= 0.6 is 11.8 Å². The van der Waals surface area contributed by atoms with Crippen molar-refractivity contribution in [2.24, 2.45) is 10.9 Å². The van der Waals surface area contributed by atoms with E-state index in [1.165, 1.54) is 17.8 Å². The smallest absolute Gasteiger partial charge is 0.174 e. The van der Waals surface area contributed by atoms with Crippen LogP contribution in [0.1, 0.15) is 19.4 Å². The molecule has 0 amide bonds. The summed E-state index contributed by atoms with van der Waals surface area (Å²) in [7, 11) is 0. The predicted molar refractivity (Wildman–Crippen MR) is 59.9 cm³/mol. The van der Waals surface area contributed by atoms with E-state index >= 15 is 0 Å². The first-order chi connectivity index (χ1) is 7.06. The largest absolute Gasteiger partial charge is 0.409 e. The van der Waals surface area contributed by atoms with Crippen molar-refractivity contribution in [1.29, 1.82) is 0 Å². The zero-order valence-electron chi connectivity index (χ0n) is 8.57. The van der Waals surface area contributed by atoms with Crippen molar-refractivity contribution in [2.45, 2.75) is 24.0 Å². The number of hydrogen-bond acceptors (Lipinski definition) is 3. The molecule has 3 N–H and O–H groups in total. The first-order valence-electron chi connectivity index (χ1n) is 4.49. The highest BCUT2D eigenvalue weighted by Gasteiger charge is 2.13. The Hall–Kier alpha value is -1.23. The van der Waals surface area contributed by atoms with Crippen molar-refractivity contribution in [3.8, 4) is 0 Å². The van der Waals surface area contributed by atoms with Gasteiger partial charge in [0.2, 0.25) is 0 Å².